The number of rotatable bonds is 4. The van der Waals surface area contributed by atoms with Gasteiger partial charge in [0.15, 0.2) is 0 Å². The Balaban J connectivity index is 3.17. The summed E-state index contributed by atoms with van der Waals surface area (Å²) in [7, 11) is -3.75. The third kappa shape index (κ3) is 3.16. The highest BCUT2D eigenvalue weighted by atomic mass is 79.9. The first kappa shape index (κ1) is 13.4. The summed E-state index contributed by atoms with van der Waals surface area (Å²) in [4.78, 5) is 13.5. The van der Waals surface area contributed by atoms with Gasteiger partial charge in [-0.05, 0) is 35.3 Å². The molecule has 16 heavy (non-hydrogen) atoms. The lowest BCUT2D eigenvalue weighted by Gasteiger charge is -2.11. The third-order valence-corrected chi connectivity index (χ3v) is 4.14. The fraction of sp³-hybridized carbons (Fsp3) is 0.444. The van der Waals surface area contributed by atoms with E-state index in [0.29, 0.717) is 10.9 Å². The maximum Gasteiger partial charge on any atom is 0.268 e. The largest absolute Gasteiger partial charge is 0.327 e. The van der Waals surface area contributed by atoms with Crippen molar-refractivity contribution in [2.24, 2.45) is 0 Å². The average Bonchev–Trinajstić information content (AvgIpc) is 2.20. The molecule has 0 spiro atoms. The second-order valence-electron chi connectivity index (χ2n) is 3.44. The third-order valence-electron chi connectivity index (χ3n) is 2.09. The van der Waals surface area contributed by atoms with Gasteiger partial charge in [-0.25, -0.2) is 13.1 Å². The smallest absolute Gasteiger partial charge is 0.268 e. The Hall–Kier alpha value is -0.660. The van der Waals surface area contributed by atoms with E-state index < -0.39 is 15.6 Å². The molecule has 7 heteroatoms. The summed E-state index contributed by atoms with van der Waals surface area (Å²) in [5.74, 6) is 0. The molecule has 1 aromatic rings. The van der Waals surface area contributed by atoms with Gasteiger partial charge in [0.2, 0.25) is 10.0 Å². The van der Waals surface area contributed by atoms with Gasteiger partial charge in [-0.3, -0.25) is 4.79 Å². The van der Waals surface area contributed by atoms with E-state index in [1.165, 1.54) is 12.3 Å². The summed E-state index contributed by atoms with van der Waals surface area (Å²) in [6, 6.07) is 1.08. The van der Waals surface area contributed by atoms with Crippen LogP contribution in [-0.4, -0.2) is 19.4 Å². The molecule has 0 radical (unpaired) electrons. The lowest BCUT2D eigenvalue weighted by molar-refractivity contribution is 0.554. The minimum Gasteiger partial charge on any atom is -0.327 e. The van der Waals surface area contributed by atoms with E-state index in [-0.39, 0.29) is 10.9 Å². The normalized spacial score (nSPS) is 13.7. The van der Waals surface area contributed by atoms with Crippen LogP contribution in [0.3, 0.4) is 0 Å². The Bertz CT molecular complexity index is 524. The van der Waals surface area contributed by atoms with Crippen molar-refractivity contribution in [1.82, 2.24) is 9.71 Å². The van der Waals surface area contributed by atoms with Crippen LogP contribution in [0.15, 0.2) is 26.4 Å². The van der Waals surface area contributed by atoms with Gasteiger partial charge in [0.1, 0.15) is 4.90 Å². The van der Waals surface area contributed by atoms with Crippen LogP contribution in [0.5, 0.6) is 0 Å². The number of hydrogen-bond donors (Lipinski definition) is 2. The highest BCUT2D eigenvalue weighted by Gasteiger charge is 2.20. The van der Waals surface area contributed by atoms with Crippen molar-refractivity contribution in [3.05, 3.63) is 27.1 Å². The SMILES string of the molecule is CCC(C)NS(=O)(=O)c1cc(Br)c[nH]c1=O. The van der Waals surface area contributed by atoms with Crippen molar-refractivity contribution in [3.63, 3.8) is 0 Å². The molecule has 0 aliphatic heterocycles. The molecule has 2 N–H and O–H groups in total. The molecule has 1 unspecified atom stereocenters. The van der Waals surface area contributed by atoms with Gasteiger partial charge >= 0.3 is 0 Å². The number of nitrogens with one attached hydrogen (secondary N) is 2. The first-order valence-electron chi connectivity index (χ1n) is 4.77. The van der Waals surface area contributed by atoms with Crippen LogP contribution in [0, 0.1) is 0 Å². The number of H-pyrrole nitrogens is 1. The van der Waals surface area contributed by atoms with E-state index >= 15 is 0 Å². The summed E-state index contributed by atoms with van der Waals surface area (Å²) in [6.45, 7) is 3.60. The molecular formula is C9H13BrN2O3S. The van der Waals surface area contributed by atoms with Crippen LogP contribution in [0.4, 0.5) is 0 Å². The first-order valence-corrected chi connectivity index (χ1v) is 7.05. The fourth-order valence-corrected chi connectivity index (χ4v) is 2.95. The summed E-state index contributed by atoms with van der Waals surface area (Å²) in [6.07, 6.45) is 2.05. The minimum absolute atomic E-state index is 0.205. The topological polar surface area (TPSA) is 79.0 Å². The van der Waals surface area contributed by atoms with Crippen LogP contribution >= 0.6 is 15.9 Å². The quantitative estimate of drug-likeness (QED) is 0.877. The molecule has 0 aliphatic carbocycles. The molecule has 0 bridgehead atoms. The monoisotopic (exact) mass is 308 g/mol. The molecule has 1 heterocycles. The van der Waals surface area contributed by atoms with E-state index in [0.717, 1.165) is 0 Å². The zero-order valence-electron chi connectivity index (χ0n) is 8.95. The molecule has 0 saturated heterocycles. The van der Waals surface area contributed by atoms with Gasteiger partial charge in [0.05, 0.1) is 0 Å². The van der Waals surface area contributed by atoms with E-state index in [1.54, 1.807) is 6.92 Å². The Morgan fingerprint density at radius 3 is 2.75 bits per heavy atom. The van der Waals surface area contributed by atoms with Gasteiger partial charge in [-0.15, -0.1) is 0 Å². The molecule has 0 amide bonds. The second kappa shape index (κ2) is 5.11. The van der Waals surface area contributed by atoms with Crippen molar-refractivity contribution in [3.8, 4) is 0 Å². The Morgan fingerprint density at radius 1 is 1.56 bits per heavy atom. The van der Waals surface area contributed by atoms with Crippen molar-refractivity contribution >= 4 is 26.0 Å². The minimum atomic E-state index is -3.75. The first-order chi connectivity index (χ1) is 7.36. The molecule has 5 nitrogen and oxygen atoms in total. The predicted molar refractivity (Wildman–Crippen MR) is 64.8 cm³/mol. The van der Waals surface area contributed by atoms with E-state index in [9.17, 15) is 13.2 Å². The van der Waals surface area contributed by atoms with Crippen LogP contribution < -0.4 is 10.3 Å². The molecule has 0 fully saturated rings. The number of hydrogen-bond acceptors (Lipinski definition) is 3. The molecule has 0 saturated carbocycles. The van der Waals surface area contributed by atoms with Gasteiger partial charge in [-0.1, -0.05) is 6.92 Å². The van der Waals surface area contributed by atoms with Gasteiger partial charge in [-0.2, -0.15) is 0 Å². The molecule has 1 rings (SSSR count). The maximum atomic E-state index is 11.8. The number of pyridine rings is 1. The van der Waals surface area contributed by atoms with Crippen LogP contribution in [0.25, 0.3) is 0 Å². The van der Waals surface area contributed by atoms with Crippen LogP contribution in [0.1, 0.15) is 20.3 Å². The van der Waals surface area contributed by atoms with Crippen LogP contribution in [0.2, 0.25) is 0 Å². The van der Waals surface area contributed by atoms with E-state index in [1.807, 2.05) is 6.92 Å². The zero-order chi connectivity index (χ0) is 12.3. The van der Waals surface area contributed by atoms with Gasteiger partial charge < -0.3 is 4.98 Å². The standard InChI is InChI=1S/C9H13BrN2O3S/c1-3-6(2)12-16(14,15)8-4-7(10)5-11-9(8)13/h4-6,12H,3H2,1-2H3,(H,11,13). The molecule has 0 aromatic carbocycles. The Kier molecular flexibility index (Phi) is 4.28. The van der Waals surface area contributed by atoms with Crippen molar-refractivity contribution in [2.45, 2.75) is 31.2 Å². The van der Waals surface area contributed by atoms with Crippen molar-refractivity contribution in [2.75, 3.05) is 0 Å². The number of aromatic nitrogens is 1. The number of aromatic amines is 1. The lowest BCUT2D eigenvalue weighted by atomic mass is 10.3. The summed E-state index contributed by atoms with van der Waals surface area (Å²) in [5, 5.41) is 0. The summed E-state index contributed by atoms with van der Waals surface area (Å²) in [5.41, 5.74) is -0.626. The average molecular weight is 309 g/mol. The maximum absolute atomic E-state index is 11.8. The van der Waals surface area contributed by atoms with Crippen molar-refractivity contribution < 1.29 is 8.42 Å². The second-order valence-corrected chi connectivity index (χ2v) is 6.04. The zero-order valence-corrected chi connectivity index (χ0v) is 11.4. The highest BCUT2D eigenvalue weighted by molar-refractivity contribution is 9.10. The highest BCUT2D eigenvalue weighted by Crippen LogP contribution is 2.11. The number of sulfonamides is 1. The predicted octanol–water partition coefficient (Wildman–Crippen LogP) is 1.21. The lowest BCUT2D eigenvalue weighted by Crippen LogP contribution is -2.35. The molecule has 1 aromatic heterocycles. The van der Waals surface area contributed by atoms with Crippen molar-refractivity contribution in [1.29, 1.82) is 0 Å². The fourth-order valence-electron chi connectivity index (χ4n) is 1.05. The number of halogens is 1. The van der Waals surface area contributed by atoms with Crippen LogP contribution in [-0.2, 0) is 10.0 Å². The summed E-state index contributed by atoms with van der Waals surface area (Å²) >= 11 is 3.11. The van der Waals surface area contributed by atoms with E-state index in [4.69, 9.17) is 0 Å². The molecule has 0 aliphatic rings. The summed E-state index contributed by atoms with van der Waals surface area (Å²) < 4.78 is 26.6. The Labute approximate surface area is 102 Å². The van der Waals surface area contributed by atoms with Gasteiger partial charge in [0.25, 0.3) is 5.56 Å². The van der Waals surface area contributed by atoms with Gasteiger partial charge in [0, 0.05) is 16.7 Å². The molecule has 1 atom stereocenters. The Morgan fingerprint density at radius 2 is 2.19 bits per heavy atom. The van der Waals surface area contributed by atoms with E-state index in [2.05, 4.69) is 25.6 Å². The molecule has 90 valence electrons. The molecular weight excluding hydrogens is 296 g/mol.